The van der Waals surface area contributed by atoms with E-state index in [1.165, 1.54) is 25.7 Å². The van der Waals surface area contributed by atoms with Gasteiger partial charge in [-0.25, -0.2) is 8.42 Å². The number of nitrogens with zero attached hydrogens (tertiary/aromatic N) is 1. The summed E-state index contributed by atoms with van der Waals surface area (Å²) in [4.78, 5) is 2.41. The molecule has 20 heavy (non-hydrogen) atoms. The van der Waals surface area contributed by atoms with E-state index in [0.717, 1.165) is 19.5 Å². The highest BCUT2D eigenvalue weighted by molar-refractivity contribution is 7.92. The minimum absolute atomic E-state index is 0.256. The zero-order chi connectivity index (χ0) is 14.8. The van der Waals surface area contributed by atoms with Crippen LogP contribution < -0.4 is 5.32 Å². The summed E-state index contributed by atoms with van der Waals surface area (Å²) in [5.74, 6) is 0.297. The minimum Gasteiger partial charge on any atom is -0.310 e. The summed E-state index contributed by atoms with van der Waals surface area (Å²) in [6.45, 7) is 8.56. The van der Waals surface area contributed by atoms with Crippen molar-refractivity contribution in [1.29, 1.82) is 0 Å². The van der Waals surface area contributed by atoms with Crippen molar-refractivity contribution in [2.75, 3.05) is 25.4 Å². The molecule has 1 atom stereocenters. The van der Waals surface area contributed by atoms with Gasteiger partial charge in [-0.3, -0.25) is 4.90 Å². The molecule has 1 heterocycles. The van der Waals surface area contributed by atoms with Crippen molar-refractivity contribution in [3.05, 3.63) is 0 Å². The molecule has 1 spiro atoms. The summed E-state index contributed by atoms with van der Waals surface area (Å²) in [7, 11) is -2.93. The Morgan fingerprint density at radius 2 is 1.95 bits per heavy atom. The third-order valence-electron chi connectivity index (χ3n) is 5.13. The van der Waals surface area contributed by atoms with Crippen LogP contribution in [0.3, 0.4) is 0 Å². The van der Waals surface area contributed by atoms with E-state index in [2.05, 4.69) is 17.1 Å². The van der Waals surface area contributed by atoms with Gasteiger partial charge in [0, 0.05) is 24.7 Å². The van der Waals surface area contributed by atoms with Crippen molar-refractivity contribution in [2.24, 2.45) is 0 Å². The van der Waals surface area contributed by atoms with Gasteiger partial charge in [0.05, 0.1) is 11.0 Å². The standard InChI is InChI=1S/C15H30N2O2S/c1-13(2)20(18,19)11-10-17-12-15(7-4-5-8-15)16-9-6-14(17)3/h13-14,16H,4-12H2,1-3H3. The molecule has 0 bridgehead atoms. The molecular formula is C15H30N2O2S. The molecule has 0 amide bonds. The van der Waals surface area contributed by atoms with Crippen LogP contribution in [0.5, 0.6) is 0 Å². The van der Waals surface area contributed by atoms with E-state index in [9.17, 15) is 8.42 Å². The first-order valence-corrected chi connectivity index (χ1v) is 9.77. The Bertz CT molecular complexity index is 414. The SMILES string of the molecule is CC1CCNC2(CCCC2)CN1CCS(=O)(=O)C(C)C. The average Bonchev–Trinajstić information content (AvgIpc) is 2.76. The van der Waals surface area contributed by atoms with Crippen molar-refractivity contribution in [3.8, 4) is 0 Å². The zero-order valence-electron chi connectivity index (χ0n) is 13.2. The van der Waals surface area contributed by atoms with Gasteiger partial charge in [0.25, 0.3) is 0 Å². The fraction of sp³-hybridized carbons (Fsp3) is 1.00. The molecule has 2 fully saturated rings. The Labute approximate surface area is 124 Å². The second kappa shape index (κ2) is 6.32. The highest BCUT2D eigenvalue weighted by Crippen LogP contribution is 2.32. The van der Waals surface area contributed by atoms with Crippen molar-refractivity contribution in [1.82, 2.24) is 10.2 Å². The lowest BCUT2D eigenvalue weighted by Gasteiger charge is -2.35. The molecule has 1 saturated carbocycles. The van der Waals surface area contributed by atoms with Crippen LogP contribution in [0.1, 0.15) is 52.9 Å². The molecule has 1 saturated heterocycles. The topological polar surface area (TPSA) is 49.4 Å². The van der Waals surface area contributed by atoms with E-state index < -0.39 is 9.84 Å². The Morgan fingerprint density at radius 3 is 2.55 bits per heavy atom. The molecule has 1 N–H and O–H groups in total. The summed E-state index contributed by atoms with van der Waals surface area (Å²) in [5.41, 5.74) is 0.256. The van der Waals surface area contributed by atoms with Crippen LogP contribution in [-0.2, 0) is 9.84 Å². The Hall–Kier alpha value is -0.130. The lowest BCUT2D eigenvalue weighted by atomic mass is 9.97. The number of rotatable bonds is 4. The summed E-state index contributed by atoms with van der Waals surface area (Å²) >= 11 is 0. The fourth-order valence-corrected chi connectivity index (χ4v) is 4.46. The molecule has 0 aromatic rings. The van der Waals surface area contributed by atoms with Gasteiger partial charge in [-0.2, -0.15) is 0 Å². The second-order valence-corrected chi connectivity index (χ2v) is 9.61. The molecule has 4 nitrogen and oxygen atoms in total. The molecule has 1 aliphatic carbocycles. The second-order valence-electron chi connectivity index (χ2n) is 6.94. The predicted molar refractivity (Wildman–Crippen MR) is 83.8 cm³/mol. The van der Waals surface area contributed by atoms with Gasteiger partial charge in [0.1, 0.15) is 0 Å². The number of hydrogen-bond acceptors (Lipinski definition) is 4. The fourth-order valence-electron chi connectivity index (χ4n) is 3.50. The Morgan fingerprint density at radius 1 is 1.30 bits per heavy atom. The van der Waals surface area contributed by atoms with Crippen molar-refractivity contribution in [2.45, 2.75) is 69.7 Å². The molecule has 0 aromatic heterocycles. The van der Waals surface area contributed by atoms with Gasteiger partial charge in [-0.1, -0.05) is 12.8 Å². The summed E-state index contributed by atoms with van der Waals surface area (Å²) in [6.07, 6.45) is 6.21. The van der Waals surface area contributed by atoms with Crippen LogP contribution in [-0.4, -0.2) is 55.5 Å². The molecule has 1 unspecified atom stereocenters. The first-order chi connectivity index (χ1) is 9.35. The lowest BCUT2D eigenvalue weighted by molar-refractivity contribution is 0.177. The van der Waals surface area contributed by atoms with Gasteiger partial charge < -0.3 is 5.32 Å². The monoisotopic (exact) mass is 302 g/mol. The highest BCUT2D eigenvalue weighted by atomic mass is 32.2. The summed E-state index contributed by atoms with van der Waals surface area (Å²) < 4.78 is 24.1. The van der Waals surface area contributed by atoms with E-state index in [4.69, 9.17) is 0 Å². The van der Waals surface area contributed by atoms with Crippen LogP contribution in [0.2, 0.25) is 0 Å². The molecule has 2 aliphatic rings. The Kier molecular flexibility index (Phi) is 5.14. The van der Waals surface area contributed by atoms with Gasteiger partial charge in [0.15, 0.2) is 9.84 Å². The molecule has 2 rings (SSSR count). The normalized spacial score (nSPS) is 28.1. The third-order valence-corrected chi connectivity index (χ3v) is 7.32. The minimum atomic E-state index is -2.93. The maximum Gasteiger partial charge on any atom is 0.153 e. The third kappa shape index (κ3) is 3.74. The first kappa shape index (κ1) is 16.2. The van der Waals surface area contributed by atoms with E-state index in [1.54, 1.807) is 13.8 Å². The summed E-state index contributed by atoms with van der Waals surface area (Å²) in [5, 5.41) is 3.49. The Balaban J connectivity index is 2.00. The quantitative estimate of drug-likeness (QED) is 0.860. The lowest BCUT2D eigenvalue weighted by Crippen LogP contribution is -2.51. The van der Waals surface area contributed by atoms with Gasteiger partial charge >= 0.3 is 0 Å². The largest absolute Gasteiger partial charge is 0.310 e. The van der Waals surface area contributed by atoms with Gasteiger partial charge in [-0.15, -0.1) is 0 Å². The van der Waals surface area contributed by atoms with E-state index >= 15 is 0 Å². The molecule has 0 aromatic carbocycles. The van der Waals surface area contributed by atoms with Crippen LogP contribution in [0.25, 0.3) is 0 Å². The maximum atomic E-state index is 12.0. The van der Waals surface area contributed by atoms with Crippen LogP contribution in [0, 0.1) is 0 Å². The first-order valence-electron chi connectivity index (χ1n) is 8.05. The predicted octanol–water partition coefficient (Wildman–Crippen LogP) is 1.81. The maximum absolute atomic E-state index is 12.0. The van der Waals surface area contributed by atoms with E-state index in [1.807, 2.05) is 0 Å². The summed E-state index contributed by atoms with van der Waals surface area (Å²) in [6, 6.07) is 0.477. The van der Waals surface area contributed by atoms with Crippen molar-refractivity contribution in [3.63, 3.8) is 0 Å². The zero-order valence-corrected chi connectivity index (χ0v) is 14.0. The van der Waals surface area contributed by atoms with Crippen LogP contribution in [0.4, 0.5) is 0 Å². The molecule has 0 radical (unpaired) electrons. The molecule has 5 heteroatoms. The van der Waals surface area contributed by atoms with E-state index in [0.29, 0.717) is 18.3 Å². The van der Waals surface area contributed by atoms with Gasteiger partial charge in [0.2, 0.25) is 0 Å². The molecular weight excluding hydrogens is 272 g/mol. The highest BCUT2D eigenvalue weighted by Gasteiger charge is 2.38. The number of nitrogens with one attached hydrogen (secondary N) is 1. The molecule has 118 valence electrons. The van der Waals surface area contributed by atoms with Crippen molar-refractivity contribution >= 4 is 9.84 Å². The number of sulfone groups is 1. The smallest absolute Gasteiger partial charge is 0.153 e. The van der Waals surface area contributed by atoms with E-state index in [-0.39, 0.29) is 10.8 Å². The van der Waals surface area contributed by atoms with Crippen LogP contribution in [0.15, 0.2) is 0 Å². The molecule has 1 aliphatic heterocycles. The van der Waals surface area contributed by atoms with Crippen molar-refractivity contribution < 1.29 is 8.42 Å². The van der Waals surface area contributed by atoms with Crippen LogP contribution >= 0.6 is 0 Å². The number of hydrogen-bond donors (Lipinski definition) is 1. The van der Waals surface area contributed by atoms with Gasteiger partial charge in [-0.05, 0) is 46.6 Å². The average molecular weight is 302 g/mol.